The van der Waals surface area contributed by atoms with Gasteiger partial charge in [-0.15, -0.1) is 0 Å². The van der Waals surface area contributed by atoms with Crippen LogP contribution in [-0.2, 0) is 16.0 Å². The highest BCUT2D eigenvalue weighted by Crippen LogP contribution is 2.08. The summed E-state index contributed by atoms with van der Waals surface area (Å²) in [6, 6.07) is 3.28. The number of rotatable bonds is 2. The second-order valence-electron chi connectivity index (χ2n) is 4.09. The predicted octanol–water partition coefficient (Wildman–Crippen LogP) is -0.0290. The first-order chi connectivity index (χ1) is 8.18. The molecule has 2 amide bonds. The van der Waals surface area contributed by atoms with Gasteiger partial charge in [0.05, 0.1) is 6.42 Å². The monoisotopic (exact) mass is 233 g/mol. The summed E-state index contributed by atoms with van der Waals surface area (Å²) in [7, 11) is 0. The molecule has 0 saturated carbocycles. The average molecular weight is 233 g/mol. The van der Waals surface area contributed by atoms with E-state index < -0.39 is 0 Å². The maximum atomic E-state index is 12.0. The fourth-order valence-corrected chi connectivity index (χ4v) is 1.90. The van der Waals surface area contributed by atoms with Crippen molar-refractivity contribution in [2.45, 2.75) is 19.4 Å². The number of hydrogen-bond acceptors (Lipinski definition) is 3. The van der Waals surface area contributed by atoms with Crippen LogP contribution in [-0.4, -0.2) is 40.8 Å². The van der Waals surface area contributed by atoms with Crippen molar-refractivity contribution in [3.05, 3.63) is 30.1 Å². The Labute approximate surface area is 99.8 Å². The van der Waals surface area contributed by atoms with Gasteiger partial charge in [0, 0.05) is 25.5 Å². The molecule has 0 aliphatic carbocycles. The van der Waals surface area contributed by atoms with E-state index in [9.17, 15) is 9.59 Å². The lowest BCUT2D eigenvalue weighted by Gasteiger charge is -2.32. The highest BCUT2D eigenvalue weighted by molar-refractivity contribution is 5.89. The zero-order valence-corrected chi connectivity index (χ0v) is 9.72. The lowest BCUT2D eigenvalue weighted by atomic mass is 10.1. The molecule has 2 rings (SSSR count). The summed E-state index contributed by atoms with van der Waals surface area (Å²) in [5, 5.41) is 2.74. The van der Waals surface area contributed by atoms with Gasteiger partial charge in [-0.05, 0) is 18.6 Å². The molecule has 0 radical (unpaired) electrons. The zero-order chi connectivity index (χ0) is 12.3. The molecule has 2 heterocycles. The van der Waals surface area contributed by atoms with Crippen molar-refractivity contribution < 1.29 is 9.59 Å². The fourth-order valence-electron chi connectivity index (χ4n) is 1.90. The normalized spacial score (nSPS) is 19.9. The van der Waals surface area contributed by atoms with Crippen LogP contribution < -0.4 is 5.32 Å². The molecule has 1 aromatic rings. The SMILES string of the molecule is CC1C(=O)NCCN1C(=O)Cc1cccnc1. The number of nitrogens with zero attached hydrogens (tertiary/aromatic N) is 2. The van der Waals surface area contributed by atoms with E-state index in [1.165, 1.54) is 0 Å². The van der Waals surface area contributed by atoms with Crippen LogP contribution in [0.1, 0.15) is 12.5 Å². The largest absolute Gasteiger partial charge is 0.353 e. The number of pyridine rings is 1. The summed E-state index contributed by atoms with van der Waals surface area (Å²) in [6.07, 6.45) is 3.64. The number of hydrogen-bond donors (Lipinski definition) is 1. The van der Waals surface area contributed by atoms with E-state index in [1.807, 2.05) is 6.07 Å². The predicted molar refractivity (Wildman–Crippen MR) is 62.1 cm³/mol. The quantitative estimate of drug-likeness (QED) is 0.780. The third kappa shape index (κ3) is 2.61. The van der Waals surface area contributed by atoms with Crippen molar-refractivity contribution in [2.24, 2.45) is 0 Å². The van der Waals surface area contributed by atoms with Gasteiger partial charge < -0.3 is 10.2 Å². The van der Waals surface area contributed by atoms with Crippen LogP contribution in [0, 0.1) is 0 Å². The van der Waals surface area contributed by atoms with Gasteiger partial charge in [-0.25, -0.2) is 0 Å². The van der Waals surface area contributed by atoms with Crippen molar-refractivity contribution >= 4 is 11.8 Å². The molecule has 5 nitrogen and oxygen atoms in total. The second-order valence-corrected chi connectivity index (χ2v) is 4.09. The third-order valence-corrected chi connectivity index (χ3v) is 2.90. The number of amides is 2. The van der Waals surface area contributed by atoms with E-state index in [-0.39, 0.29) is 17.9 Å². The van der Waals surface area contributed by atoms with Crippen molar-refractivity contribution in [1.29, 1.82) is 0 Å². The molecule has 0 spiro atoms. The molecule has 17 heavy (non-hydrogen) atoms. The van der Waals surface area contributed by atoms with E-state index in [0.717, 1.165) is 5.56 Å². The highest BCUT2D eigenvalue weighted by atomic mass is 16.2. The van der Waals surface area contributed by atoms with Crippen molar-refractivity contribution in [3.8, 4) is 0 Å². The molecule has 1 fully saturated rings. The minimum absolute atomic E-state index is 0.0275. The van der Waals surface area contributed by atoms with Gasteiger partial charge in [0.2, 0.25) is 11.8 Å². The summed E-state index contributed by atoms with van der Waals surface area (Å²) in [5.41, 5.74) is 0.871. The van der Waals surface area contributed by atoms with Crippen LogP contribution in [0.25, 0.3) is 0 Å². The molecular weight excluding hydrogens is 218 g/mol. The molecule has 1 N–H and O–H groups in total. The summed E-state index contributed by atoms with van der Waals surface area (Å²) in [6.45, 7) is 2.85. The molecule has 1 aliphatic heterocycles. The van der Waals surface area contributed by atoms with Gasteiger partial charge >= 0.3 is 0 Å². The number of nitrogens with one attached hydrogen (secondary N) is 1. The first-order valence-electron chi connectivity index (χ1n) is 5.64. The molecule has 1 aromatic heterocycles. The Morgan fingerprint density at radius 1 is 1.65 bits per heavy atom. The van der Waals surface area contributed by atoms with Gasteiger partial charge in [-0.3, -0.25) is 14.6 Å². The van der Waals surface area contributed by atoms with Crippen LogP contribution in [0.2, 0.25) is 0 Å². The van der Waals surface area contributed by atoms with Crippen molar-refractivity contribution in [1.82, 2.24) is 15.2 Å². The molecule has 1 atom stereocenters. The van der Waals surface area contributed by atoms with Crippen LogP contribution in [0.15, 0.2) is 24.5 Å². The molecule has 1 aliphatic rings. The lowest BCUT2D eigenvalue weighted by molar-refractivity contribution is -0.142. The van der Waals surface area contributed by atoms with Crippen molar-refractivity contribution in [3.63, 3.8) is 0 Å². The Kier molecular flexibility index (Phi) is 3.37. The van der Waals surface area contributed by atoms with Gasteiger partial charge in [0.15, 0.2) is 0 Å². The zero-order valence-electron chi connectivity index (χ0n) is 9.72. The maximum Gasteiger partial charge on any atom is 0.242 e. The molecular formula is C12H15N3O2. The topological polar surface area (TPSA) is 62.3 Å². The second kappa shape index (κ2) is 4.95. The maximum absolute atomic E-state index is 12.0. The van der Waals surface area contributed by atoms with Gasteiger partial charge in [-0.2, -0.15) is 0 Å². The van der Waals surface area contributed by atoms with E-state index in [0.29, 0.717) is 19.5 Å². The highest BCUT2D eigenvalue weighted by Gasteiger charge is 2.28. The minimum Gasteiger partial charge on any atom is -0.353 e. The Hall–Kier alpha value is -1.91. The summed E-state index contributed by atoms with van der Waals surface area (Å²) in [5.74, 6) is -0.115. The van der Waals surface area contributed by atoms with E-state index in [2.05, 4.69) is 10.3 Å². The number of piperazine rings is 1. The van der Waals surface area contributed by atoms with E-state index in [4.69, 9.17) is 0 Å². The fraction of sp³-hybridized carbons (Fsp3) is 0.417. The van der Waals surface area contributed by atoms with Gasteiger partial charge in [-0.1, -0.05) is 6.07 Å². The van der Waals surface area contributed by atoms with Gasteiger partial charge in [0.25, 0.3) is 0 Å². The van der Waals surface area contributed by atoms with Crippen LogP contribution in [0.3, 0.4) is 0 Å². The third-order valence-electron chi connectivity index (χ3n) is 2.90. The van der Waals surface area contributed by atoms with Gasteiger partial charge in [0.1, 0.15) is 6.04 Å². The Morgan fingerprint density at radius 3 is 3.18 bits per heavy atom. The average Bonchev–Trinajstić information content (AvgIpc) is 2.34. The molecule has 0 aromatic carbocycles. The minimum atomic E-state index is -0.382. The molecule has 90 valence electrons. The van der Waals surface area contributed by atoms with Crippen molar-refractivity contribution in [2.75, 3.05) is 13.1 Å². The molecule has 1 saturated heterocycles. The number of aromatic nitrogens is 1. The smallest absolute Gasteiger partial charge is 0.242 e. The number of carbonyl (C=O) groups is 2. The lowest BCUT2D eigenvalue weighted by Crippen LogP contribution is -2.56. The van der Waals surface area contributed by atoms with Crippen LogP contribution in [0.5, 0.6) is 0 Å². The van der Waals surface area contributed by atoms with E-state index >= 15 is 0 Å². The van der Waals surface area contributed by atoms with E-state index in [1.54, 1.807) is 30.3 Å². The molecule has 5 heteroatoms. The molecule has 0 bridgehead atoms. The molecule has 1 unspecified atom stereocenters. The Bertz CT molecular complexity index is 419. The summed E-state index contributed by atoms with van der Waals surface area (Å²) < 4.78 is 0. The number of carbonyl (C=O) groups excluding carboxylic acids is 2. The first kappa shape index (κ1) is 11.6. The Balaban J connectivity index is 2.02. The van der Waals surface area contributed by atoms with Crippen LogP contribution >= 0.6 is 0 Å². The van der Waals surface area contributed by atoms with Crippen LogP contribution in [0.4, 0.5) is 0 Å². The summed E-state index contributed by atoms with van der Waals surface area (Å²) >= 11 is 0. The Morgan fingerprint density at radius 2 is 2.47 bits per heavy atom. The standard InChI is InChI=1S/C12H15N3O2/c1-9-12(17)14-5-6-15(9)11(16)7-10-3-2-4-13-8-10/h2-4,8-9H,5-7H2,1H3,(H,14,17). The summed E-state index contributed by atoms with van der Waals surface area (Å²) in [4.78, 5) is 29.1. The first-order valence-corrected chi connectivity index (χ1v) is 5.64.